The number of carboxylic acids is 1. The Kier molecular flexibility index (Phi) is 4.16. The predicted molar refractivity (Wildman–Crippen MR) is 70.7 cm³/mol. The van der Waals surface area contributed by atoms with Crippen LogP contribution in [-0.2, 0) is 0 Å². The second-order valence-electron chi connectivity index (χ2n) is 5.11. The molecular formula is C14H21NO2. The highest BCUT2D eigenvalue weighted by atomic mass is 16.4. The lowest BCUT2D eigenvalue weighted by Crippen LogP contribution is -2.31. The van der Waals surface area contributed by atoms with Crippen LogP contribution in [0, 0.1) is 6.92 Å². The second-order valence-corrected chi connectivity index (χ2v) is 5.11. The van der Waals surface area contributed by atoms with E-state index >= 15 is 0 Å². The van der Waals surface area contributed by atoms with Crippen molar-refractivity contribution in [2.45, 2.75) is 46.1 Å². The summed E-state index contributed by atoms with van der Waals surface area (Å²) in [7, 11) is 0. The molecule has 0 unspecified atom stereocenters. The smallest absolute Gasteiger partial charge is 0.337 e. The van der Waals surface area contributed by atoms with Crippen LogP contribution in [0.2, 0.25) is 0 Å². The summed E-state index contributed by atoms with van der Waals surface area (Å²) in [6.45, 7) is 8.26. The maximum absolute atomic E-state index is 11.1. The van der Waals surface area contributed by atoms with Crippen LogP contribution in [-0.4, -0.2) is 16.6 Å². The Morgan fingerprint density at radius 3 is 2.59 bits per heavy atom. The summed E-state index contributed by atoms with van der Waals surface area (Å²) in [6.07, 6.45) is 2.06. The van der Waals surface area contributed by atoms with Gasteiger partial charge in [0, 0.05) is 11.2 Å². The minimum absolute atomic E-state index is 0.0905. The van der Waals surface area contributed by atoms with Gasteiger partial charge in [-0.2, -0.15) is 0 Å². The third-order valence-corrected chi connectivity index (χ3v) is 2.75. The number of carboxylic acid groups (broad SMARTS) is 1. The van der Waals surface area contributed by atoms with Crippen molar-refractivity contribution >= 4 is 11.7 Å². The minimum atomic E-state index is -0.889. The van der Waals surface area contributed by atoms with Crippen LogP contribution in [0.5, 0.6) is 0 Å². The number of benzene rings is 1. The first-order chi connectivity index (χ1) is 7.85. The molecule has 0 aromatic heterocycles. The molecule has 0 amide bonds. The molecule has 3 heteroatoms. The molecule has 0 aliphatic carbocycles. The molecule has 0 saturated carbocycles. The highest BCUT2D eigenvalue weighted by Gasteiger charge is 2.19. The van der Waals surface area contributed by atoms with E-state index in [1.54, 1.807) is 6.07 Å². The number of aromatic carboxylic acids is 1. The van der Waals surface area contributed by atoms with Gasteiger partial charge in [0.2, 0.25) is 0 Å². The van der Waals surface area contributed by atoms with E-state index in [9.17, 15) is 4.79 Å². The van der Waals surface area contributed by atoms with E-state index in [2.05, 4.69) is 26.1 Å². The summed E-state index contributed by atoms with van der Waals surface area (Å²) in [4.78, 5) is 11.1. The van der Waals surface area contributed by atoms with Crippen LogP contribution >= 0.6 is 0 Å². The minimum Gasteiger partial charge on any atom is -0.478 e. The van der Waals surface area contributed by atoms with Crippen molar-refractivity contribution in [3.8, 4) is 0 Å². The van der Waals surface area contributed by atoms with E-state index < -0.39 is 5.97 Å². The first kappa shape index (κ1) is 13.6. The molecule has 1 rings (SSSR count). The third kappa shape index (κ3) is 3.77. The summed E-state index contributed by atoms with van der Waals surface area (Å²) in [5.74, 6) is -0.889. The number of hydrogen-bond acceptors (Lipinski definition) is 2. The van der Waals surface area contributed by atoms with Crippen LogP contribution in [0.4, 0.5) is 5.69 Å². The molecule has 0 radical (unpaired) electrons. The molecule has 0 spiro atoms. The molecule has 0 aliphatic rings. The molecule has 94 valence electrons. The number of anilines is 1. The van der Waals surface area contributed by atoms with Crippen molar-refractivity contribution in [2.75, 3.05) is 5.32 Å². The van der Waals surface area contributed by atoms with Gasteiger partial charge in [-0.3, -0.25) is 0 Å². The van der Waals surface area contributed by atoms with Gasteiger partial charge in [-0.1, -0.05) is 19.4 Å². The Hall–Kier alpha value is -1.51. The van der Waals surface area contributed by atoms with Crippen LogP contribution in [0.1, 0.15) is 49.5 Å². The van der Waals surface area contributed by atoms with Crippen molar-refractivity contribution in [1.82, 2.24) is 0 Å². The molecule has 1 aromatic rings. The summed E-state index contributed by atoms with van der Waals surface area (Å²) in [5.41, 5.74) is 2.01. The molecule has 1 aromatic carbocycles. The van der Waals surface area contributed by atoms with Crippen molar-refractivity contribution in [1.29, 1.82) is 0 Å². The number of carbonyl (C=O) groups is 1. The molecule has 2 N–H and O–H groups in total. The summed E-state index contributed by atoms with van der Waals surface area (Å²) in [5, 5.41) is 12.5. The number of rotatable bonds is 5. The Balaban J connectivity index is 3.04. The number of nitrogens with one attached hydrogen (secondary N) is 1. The fourth-order valence-corrected chi connectivity index (χ4v) is 2.00. The van der Waals surface area contributed by atoms with Crippen LogP contribution in [0.25, 0.3) is 0 Å². The van der Waals surface area contributed by atoms with Gasteiger partial charge >= 0.3 is 5.97 Å². The van der Waals surface area contributed by atoms with E-state index in [1.165, 1.54) is 0 Å². The average molecular weight is 235 g/mol. The first-order valence-corrected chi connectivity index (χ1v) is 5.98. The molecule has 0 heterocycles. The number of hydrogen-bond donors (Lipinski definition) is 2. The van der Waals surface area contributed by atoms with Gasteiger partial charge in [0.25, 0.3) is 0 Å². The lowest BCUT2D eigenvalue weighted by atomic mass is 9.97. The van der Waals surface area contributed by atoms with Gasteiger partial charge < -0.3 is 10.4 Å². The van der Waals surface area contributed by atoms with Crippen molar-refractivity contribution in [3.05, 3.63) is 29.3 Å². The first-order valence-electron chi connectivity index (χ1n) is 5.98. The zero-order valence-corrected chi connectivity index (χ0v) is 11.0. The van der Waals surface area contributed by atoms with Gasteiger partial charge in [0.1, 0.15) is 0 Å². The van der Waals surface area contributed by atoms with Crippen molar-refractivity contribution in [3.63, 3.8) is 0 Å². The fourth-order valence-electron chi connectivity index (χ4n) is 2.00. The van der Waals surface area contributed by atoms with E-state index in [1.807, 2.05) is 19.1 Å². The fraction of sp³-hybridized carbons (Fsp3) is 0.500. The molecule has 17 heavy (non-hydrogen) atoms. The van der Waals surface area contributed by atoms with Gasteiger partial charge in [0.05, 0.1) is 5.56 Å². The van der Waals surface area contributed by atoms with Gasteiger partial charge in [0.15, 0.2) is 0 Å². The molecule has 3 nitrogen and oxygen atoms in total. The van der Waals surface area contributed by atoms with E-state index in [0.29, 0.717) is 11.3 Å². The summed E-state index contributed by atoms with van der Waals surface area (Å²) >= 11 is 0. The van der Waals surface area contributed by atoms with Crippen molar-refractivity contribution in [2.24, 2.45) is 0 Å². The van der Waals surface area contributed by atoms with Gasteiger partial charge in [-0.05, 0) is 44.9 Å². The zero-order valence-electron chi connectivity index (χ0n) is 11.0. The molecule has 0 bridgehead atoms. The SMILES string of the molecule is CCCC(C)(C)Nc1cc(C)ccc1C(=O)O. The average Bonchev–Trinajstić information content (AvgIpc) is 2.15. The maximum Gasteiger partial charge on any atom is 0.337 e. The van der Waals surface area contributed by atoms with Crippen LogP contribution < -0.4 is 5.32 Å². The van der Waals surface area contributed by atoms with E-state index in [-0.39, 0.29) is 5.54 Å². The molecule has 0 atom stereocenters. The lowest BCUT2D eigenvalue weighted by Gasteiger charge is -2.28. The summed E-state index contributed by atoms with van der Waals surface area (Å²) in [6, 6.07) is 5.37. The van der Waals surface area contributed by atoms with E-state index in [4.69, 9.17) is 5.11 Å². The Morgan fingerprint density at radius 1 is 1.41 bits per heavy atom. The summed E-state index contributed by atoms with van der Waals surface area (Å²) < 4.78 is 0. The number of aryl methyl sites for hydroxylation is 1. The second kappa shape index (κ2) is 5.21. The standard InChI is InChI=1S/C14H21NO2/c1-5-8-14(3,4)15-12-9-10(2)6-7-11(12)13(16)17/h6-7,9,15H,5,8H2,1-4H3,(H,16,17). The largest absolute Gasteiger partial charge is 0.478 e. The Bertz CT molecular complexity index is 411. The Labute approximate surface area is 103 Å². The monoisotopic (exact) mass is 235 g/mol. The van der Waals surface area contributed by atoms with Crippen LogP contribution in [0.3, 0.4) is 0 Å². The normalized spacial score (nSPS) is 11.3. The predicted octanol–water partition coefficient (Wildman–Crippen LogP) is 3.68. The quantitative estimate of drug-likeness (QED) is 0.818. The zero-order chi connectivity index (χ0) is 13.1. The van der Waals surface area contributed by atoms with Gasteiger partial charge in [-0.25, -0.2) is 4.79 Å². The maximum atomic E-state index is 11.1. The highest BCUT2D eigenvalue weighted by molar-refractivity contribution is 5.94. The van der Waals surface area contributed by atoms with Crippen LogP contribution in [0.15, 0.2) is 18.2 Å². The topological polar surface area (TPSA) is 49.3 Å². The molecule has 0 saturated heterocycles. The molecular weight excluding hydrogens is 214 g/mol. The van der Waals surface area contributed by atoms with Gasteiger partial charge in [-0.15, -0.1) is 0 Å². The molecule has 0 aliphatic heterocycles. The third-order valence-electron chi connectivity index (χ3n) is 2.75. The van der Waals surface area contributed by atoms with Crippen molar-refractivity contribution < 1.29 is 9.90 Å². The van der Waals surface area contributed by atoms with E-state index in [0.717, 1.165) is 18.4 Å². The highest BCUT2D eigenvalue weighted by Crippen LogP contribution is 2.24. The molecule has 0 fully saturated rings. The Morgan fingerprint density at radius 2 is 2.06 bits per heavy atom. The lowest BCUT2D eigenvalue weighted by molar-refractivity contribution is 0.0698.